The van der Waals surface area contributed by atoms with Crippen molar-refractivity contribution in [2.45, 2.75) is 12.2 Å². The van der Waals surface area contributed by atoms with E-state index in [0.717, 1.165) is 12.1 Å². The highest BCUT2D eigenvalue weighted by molar-refractivity contribution is 7.93. The maximum Gasteiger partial charge on any atom is 0.248 e. The number of nitriles is 1. The Morgan fingerprint density at radius 2 is 2.19 bits per heavy atom. The van der Waals surface area contributed by atoms with E-state index in [1.807, 2.05) is 4.72 Å². The summed E-state index contributed by atoms with van der Waals surface area (Å²) < 4.78 is 38.1. The fraction of sp³-hybridized carbons (Fsp3) is 0.222. The van der Waals surface area contributed by atoms with Crippen molar-refractivity contribution in [3.63, 3.8) is 0 Å². The van der Waals surface area contributed by atoms with Crippen molar-refractivity contribution in [1.82, 2.24) is 0 Å². The molecule has 0 saturated heterocycles. The van der Waals surface area contributed by atoms with E-state index in [9.17, 15) is 12.8 Å². The zero-order valence-electron chi connectivity index (χ0n) is 8.24. The molecule has 86 valence electrons. The Balaban J connectivity index is 3.07. The summed E-state index contributed by atoms with van der Waals surface area (Å²) in [4.78, 5) is 0. The summed E-state index contributed by atoms with van der Waals surface area (Å²) in [6, 6.07) is 5.02. The van der Waals surface area contributed by atoms with Gasteiger partial charge in [0.15, 0.2) is 5.25 Å². The molecule has 0 aliphatic rings. The molecule has 0 spiro atoms. The third kappa shape index (κ3) is 2.84. The Labute approximate surface area is 97.7 Å². The number of hydrogen-bond donors (Lipinski definition) is 1. The molecule has 1 atom stereocenters. The standard InChI is InChI=1S/C9H8ClFN2O2S/c1-6(5-12)16(14,15)13-9-4-7(10)2-3-8(9)11/h2-4,6,13H,1H3. The van der Waals surface area contributed by atoms with Gasteiger partial charge in [-0.15, -0.1) is 0 Å². The summed E-state index contributed by atoms with van der Waals surface area (Å²) in [6.07, 6.45) is 0. The molecule has 0 saturated carbocycles. The number of anilines is 1. The molecule has 0 aliphatic heterocycles. The van der Waals surface area contributed by atoms with Crippen LogP contribution in [0.2, 0.25) is 5.02 Å². The minimum absolute atomic E-state index is 0.198. The first kappa shape index (κ1) is 12.7. The lowest BCUT2D eigenvalue weighted by Crippen LogP contribution is -2.24. The molecule has 0 fully saturated rings. The number of nitrogens with one attached hydrogen (secondary N) is 1. The quantitative estimate of drug-likeness (QED) is 0.907. The Hall–Kier alpha value is -1.32. The van der Waals surface area contributed by atoms with E-state index in [4.69, 9.17) is 16.9 Å². The van der Waals surface area contributed by atoms with Crippen LogP contribution < -0.4 is 4.72 Å². The minimum Gasteiger partial charge on any atom is -0.279 e. The van der Waals surface area contributed by atoms with Gasteiger partial charge in [0.2, 0.25) is 10.0 Å². The summed E-state index contributed by atoms with van der Waals surface area (Å²) in [7, 11) is -3.91. The second kappa shape index (κ2) is 4.68. The van der Waals surface area contributed by atoms with Crippen LogP contribution in [0, 0.1) is 17.1 Å². The number of hydrogen-bond acceptors (Lipinski definition) is 3. The van der Waals surface area contributed by atoms with Crippen LogP contribution in [-0.2, 0) is 10.0 Å². The molecule has 16 heavy (non-hydrogen) atoms. The second-order valence-electron chi connectivity index (χ2n) is 3.04. The van der Waals surface area contributed by atoms with Crippen molar-refractivity contribution in [3.05, 3.63) is 29.0 Å². The molecule has 0 bridgehead atoms. The summed E-state index contributed by atoms with van der Waals surface area (Å²) >= 11 is 5.59. The molecule has 0 amide bonds. The first-order valence-corrected chi connectivity index (χ1v) is 6.15. The molecule has 1 N–H and O–H groups in total. The topological polar surface area (TPSA) is 70.0 Å². The number of nitrogens with zero attached hydrogens (tertiary/aromatic N) is 1. The van der Waals surface area contributed by atoms with Crippen LogP contribution in [0.25, 0.3) is 0 Å². The van der Waals surface area contributed by atoms with Gasteiger partial charge in [-0.1, -0.05) is 11.6 Å². The highest BCUT2D eigenvalue weighted by Gasteiger charge is 2.21. The molecule has 1 aromatic rings. The number of rotatable bonds is 3. The Bertz CT molecular complexity index is 539. The summed E-state index contributed by atoms with van der Waals surface area (Å²) in [5.41, 5.74) is -0.269. The van der Waals surface area contributed by atoms with Gasteiger partial charge in [-0.2, -0.15) is 5.26 Å². The van der Waals surface area contributed by atoms with Crippen molar-refractivity contribution in [3.8, 4) is 6.07 Å². The predicted molar refractivity (Wildman–Crippen MR) is 59.0 cm³/mol. The molecule has 4 nitrogen and oxygen atoms in total. The Kier molecular flexibility index (Phi) is 3.73. The Morgan fingerprint density at radius 3 is 2.75 bits per heavy atom. The fourth-order valence-electron chi connectivity index (χ4n) is 0.887. The molecule has 1 rings (SSSR count). The zero-order valence-corrected chi connectivity index (χ0v) is 9.81. The Morgan fingerprint density at radius 1 is 1.56 bits per heavy atom. The highest BCUT2D eigenvalue weighted by atomic mass is 35.5. The monoisotopic (exact) mass is 262 g/mol. The lowest BCUT2D eigenvalue weighted by Gasteiger charge is -2.10. The van der Waals surface area contributed by atoms with Gasteiger partial charge in [0.25, 0.3) is 0 Å². The number of sulfonamides is 1. The fourth-order valence-corrected chi connectivity index (χ4v) is 1.84. The third-order valence-electron chi connectivity index (χ3n) is 1.83. The van der Waals surface area contributed by atoms with Crippen molar-refractivity contribution in [1.29, 1.82) is 5.26 Å². The largest absolute Gasteiger partial charge is 0.279 e. The third-order valence-corrected chi connectivity index (χ3v) is 3.60. The molecule has 7 heteroatoms. The molecule has 0 radical (unpaired) electrons. The first-order chi connectivity index (χ1) is 7.36. The minimum atomic E-state index is -3.91. The van der Waals surface area contributed by atoms with Gasteiger partial charge in [-0.3, -0.25) is 4.72 Å². The van der Waals surface area contributed by atoms with Crippen LogP contribution in [0.4, 0.5) is 10.1 Å². The van der Waals surface area contributed by atoms with Gasteiger partial charge in [0, 0.05) is 5.02 Å². The maximum atomic E-state index is 13.2. The van der Waals surface area contributed by atoms with Gasteiger partial charge >= 0.3 is 0 Å². The molecule has 0 heterocycles. The number of benzene rings is 1. The van der Waals surface area contributed by atoms with E-state index in [1.54, 1.807) is 6.07 Å². The molecule has 0 aromatic heterocycles. The van der Waals surface area contributed by atoms with Gasteiger partial charge in [-0.05, 0) is 25.1 Å². The van der Waals surface area contributed by atoms with Crippen LogP contribution in [0.5, 0.6) is 0 Å². The van der Waals surface area contributed by atoms with E-state index < -0.39 is 21.1 Å². The summed E-state index contributed by atoms with van der Waals surface area (Å²) in [6.45, 7) is 1.20. The summed E-state index contributed by atoms with van der Waals surface area (Å²) in [5, 5.41) is 7.41. The van der Waals surface area contributed by atoms with Crippen molar-refractivity contribution in [2.24, 2.45) is 0 Å². The van der Waals surface area contributed by atoms with Crippen LogP contribution in [0.1, 0.15) is 6.92 Å². The smallest absolute Gasteiger partial charge is 0.248 e. The number of halogens is 2. The lowest BCUT2D eigenvalue weighted by molar-refractivity contribution is 0.594. The van der Waals surface area contributed by atoms with Crippen LogP contribution in [0.3, 0.4) is 0 Å². The lowest BCUT2D eigenvalue weighted by atomic mass is 10.3. The highest BCUT2D eigenvalue weighted by Crippen LogP contribution is 2.21. The summed E-state index contributed by atoms with van der Waals surface area (Å²) in [5.74, 6) is -0.752. The van der Waals surface area contributed by atoms with E-state index in [1.165, 1.54) is 13.0 Å². The molecule has 1 aromatic carbocycles. The molecule has 1 unspecified atom stereocenters. The van der Waals surface area contributed by atoms with Gasteiger partial charge < -0.3 is 0 Å². The van der Waals surface area contributed by atoms with Crippen molar-refractivity contribution >= 4 is 27.3 Å². The predicted octanol–water partition coefficient (Wildman–Crippen LogP) is 2.13. The normalized spacial score (nSPS) is 12.9. The molecular weight excluding hydrogens is 255 g/mol. The molecule has 0 aliphatic carbocycles. The van der Waals surface area contributed by atoms with Gasteiger partial charge in [-0.25, -0.2) is 12.8 Å². The average molecular weight is 263 g/mol. The second-order valence-corrected chi connectivity index (χ2v) is 5.48. The van der Waals surface area contributed by atoms with E-state index in [2.05, 4.69) is 0 Å². The van der Waals surface area contributed by atoms with Gasteiger partial charge in [0.05, 0.1) is 11.8 Å². The van der Waals surface area contributed by atoms with Crippen LogP contribution in [-0.4, -0.2) is 13.7 Å². The van der Waals surface area contributed by atoms with Crippen molar-refractivity contribution in [2.75, 3.05) is 4.72 Å². The van der Waals surface area contributed by atoms with Crippen molar-refractivity contribution < 1.29 is 12.8 Å². The van der Waals surface area contributed by atoms with E-state index in [-0.39, 0.29) is 10.7 Å². The SMILES string of the molecule is CC(C#N)S(=O)(=O)Nc1cc(Cl)ccc1F. The maximum absolute atomic E-state index is 13.2. The zero-order chi connectivity index (χ0) is 12.3. The van der Waals surface area contributed by atoms with Crippen LogP contribution in [0.15, 0.2) is 18.2 Å². The average Bonchev–Trinajstić information content (AvgIpc) is 2.22. The first-order valence-electron chi connectivity index (χ1n) is 4.23. The van der Waals surface area contributed by atoms with E-state index in [0.29, 0.717) is 0 Å². The van der Waals surface area contributed by atoms with Gasteiger partial charge in [0.1, 0.15) is 5.82 Å². The van der Waals surface area contributed by atoms with Crippen LogP contribution >= 0.6 is 11.6 Å². The molecular formula is C9H8ClFN2O2S. The van der Waals surface area contributed by atoms with E-state index >= 15 is 0 Å².